The smallest absolute Gasteiger partial charge is 0.416 e. The summed E-state index contributed by atoms with van der Waals surface area (Å²) < 4.78 is 38.4. The maximum Gasteiger partial charge on any atom is 0.416 e. The number of halogens is 3. The molecule has 0 aliphatic rings. The van der Waals surface area contributed by atoms with E-state index in [0.717, 1.165) is 28.8 Å². The molecule has 165 valence electrons. The maximum atomic E-state index is 12.8. The van der Waals surface area contributed by atoms with Crippen molar-refractivity contribution in [2.45, 2.75) is 38.0 Å². The Hall–Kier alpha value is -2.58. The van der Waals surface area contributed by atoms with Crippen LogP contribution in [0.3, 0.4) is 0 Å². The second-order valence-electron chi connectivity index (χ2n) is 7.47. The fourth-order valence-corrected chi connectivity index (χ4v) is 3.85. The summed E-state index contributed by atoms with van der Waals surface area (Å²) in [6, 6.07) is 8.15. The number of hydrogen-bond acceptors (Lipinski definition) is 3. The summed E-state index contributed by atoms with van der Waals surface area (Å²) in [5.74, 6) is -0.164. The third kappa shape index (κ3) is 7.25. The summed E-state index contributed by atoms with van der Waals surface area (Å²) in [6.45, 7) is 4.21. The standard InChI is InChI=1S/C23H26F3N2O2Si/c1-14-9-18(29)10-15(2)19(14)12-21(31)20(27-3)13-28-22(30)8-7-16-5-4-6-17(11-16)23(24,25)26/h4-11,20-21,27,29H,12-13H2,1-3H3,(H,28,30)/b8-7+/t20-,21?/m1/s1. The molecule has 0 bridgehead atoms. The fraction of sp³-hybridized carbons (Fsp3) is 0.348. The SMILES string of the molecule is CN[C@H](CNC(=O)/C=C/c1cccc(C(F)(F)F)c1)C([Si])Cc1c(C)cc(O)cc1C. The maximum absolute atomic E-state index is 12.8. The van der Waals surface area contributed by atoms with E-state index < -0.39 is 17.6 Å². The Morgan fingerprint density at radius 3 is 2.42 bits per heavy atom. The monoisotopic (exact) mass is 447 g/mol. The van der Waals surface area contributed by atoms with Crippen molar-refractivity contribution in [3.8, 4) is 5.75 Å². The number of rotatable bonds is 8. The van der Waals surface area contributed by atoms with Gasteiger partial charge in [-0.25, -0.2) is 0 Å². The number of benzene rings is 2. The molecule has 2 aromatic rings. The van der Waals surface area contributed by atoms with Gasteiger partial charge in [-0.2, -0.15) is 13.2 Å². The molecule has 0 saturated heterocycles. The Kier molecular flexibility index (Phi) is 8.47. The van der Waals surface area contributed by atoms with Gasteiger partial charge in [-0.05, 0) is 85.5 Å². The zero-order valence-electron chi connectivity index (χ0n) is 17.7. The van der Waals surface area contributed by atoms with Gasteiger partial charge in [0, 0.05) is 28.9 Å². The lowest BCUT2D eigenvalue weighted by Crippen LogP contribution is -2.42. The zero-order chi connectivity index (χ0) is 23.2. The number of aromatic hydroxyl groups is 1. The molecule has 0 aliphatic heterocycles. The minimum absolute atomic E-state index is 0.000287. The summed E-state index contributed by atoms with van der Waals surface area (Å²) in [6.07, 6.45) is -1.16. The summed E-state index contributed by atoms with van der Waals surface area (Å²) in [4.78, 5) is 12.2. The largest absolute Gasteiger partial charge is 0.508 e. The molecule has 1 unspecified atom stereocenters. The lowest BCUT2D eigenvalue weighted by molar-refractivity contribution is -0.137. The van der Waals surface area contributed by atoms with Crippen molar-refractivity contribution in [2.24, 2.45) is 0 Å². The van der Waals surface area contributed by atoms with Crippen LogP contribution in [-0.2, 0) is 17.4 Å². The van der Waals surface area contributed by atoms with E-state index in [1.165, 1.54) is 24.3 Å². The van der Waals surface area contributed by atoms with Crippen LogP contribution in [0.2, 0.25) is 5.54 Å². The Morgan fingerprint density at radius 2 is 1.84 bits per heavy atom. The number of amides is 1. The lowest BCUT2D eigenvalue weighted by Gasteiger charge is -2.25. The molecule has 2 atom stereocenters. The third-order valence-electron chi connectivity index (χ3n) is 5.10. The van der Waals surface area contributed by atoms with Crippen molar-refractivity contribution in [3.63, 3.8) is 0 Å². The molecule has 31 heavy (non-hydrogen) atoms. The number of carbonyl (C=O) groups excluding carboxylic acids is 1. The van der Waals surface area contributed by atoms with Gasteiger partial charge in [0.25, 0.3) is 0 Å². The van der Waals surface area contributed by atoms with Crippen LogP contribution in [0, 0.1) is 13.8 Å². The van der Waals surface area contributed by atoms with Crippen LogP contribution in [0.1, 0.15) is 27.8 Å². The van der Waals surface area contributed by atoms with Gasteiger partial charge in [-0.1, -0.05) is 12.1 Å². The normalized spacial score (nSPS) is 13.9. The molecule has 1 amide bonds. The average Bonchev–Trinajstić information content (AvgIpc) is 2.69. The van der Waals surface area contributed by atoms with Crippen LogP contribution in [0.5, 0.6) is 5.75 Å². The molecule has 3 radical (unpaired) electrons. The molecular weight excluding hydrogens is 421 g/mol. The fourth-order valence-electron chi connectivity index (χ4n) is 3.36. The highest BCUT2D eigenvalue weighted by molar-refractivity contribution is 6.12. The predicted octanol–water partition coefficient (Wildman–Crippen LogP) is 3.94. The van der Waals surface area contributed by atoms with Gasteiger partial charge >= 0.3 is 6.18 Å². The van der Waals surface area contributed by atoms with E-state index in [9.17, 15) is 23.1 Å². The van der Waals surface area contributed by atoms with Crippen molar-refractivity contribution in [1.82, 2.24) is 10.6 Å². The van der Waals surface area contributed by atoms with Crippen LogP contribution in [0.15, 0.2) is 42.5 Å². The molecule has 4 nitrogen and oxygen atoms in total. The number of likely N-dealkylation sites (N-methyl/N-ethyl adjacent to an activating group) is 1. The minimum atomic E-state index is -4.43. The summed E-state index contributed by atoms with van der Waals surface area (Å²) in [5, 5.41) is 15.6. The highest BCUT2D eigenvalue weighted by Gasteiger charge is 2.30. The molecule has 0 heterocycles. The predicted molar refractivity (Wildman–Crippen MR) is 117 cm³/mol. The number of aryl methyl sites for hydroxylation is 2. The van der Waals surface area contributed by atoms with Crippen molar-refractivity contribution in [1.29, 1.82) is 0 Å². The molecule has 0 aromatic heterocycles. The molecule has 2 rings (SSSR count). The number of carbonyl (C=O) groups is 1. The van der Waals surface area contributed by atoms with E-state index in [4.69, 9.17) is 0 Å². The van der Waals surface area contributed by atoms with E-state index >= 15 is 0 Å². The third-order valence-corrected chi connectivity index (χ3v) is 5.71. The number of alkyl halides is 3. The number of nitrogens with one attached hydrogen (secondary N) is 2. The molecular formula is C23H26F3N2O2Si. The summed E-state index contributed by atoms with van der Waals surface area (Å²) in [7, 11) is 5.53. The van der Waals surface area contributed by atoms with E-state index in [1.807, 2.05) is 13.8 Å². The van der Waals surface area contributed by atoms with Gasteiger partial charge in [0.05, 0.1) is 5.56 Å². The highest BCUT2D eigenvalue weighted by Crippen LogP contribution is 2.29. The van der Waals surface area contributed by atoms with Crippen LogP contribution in [0.4, 0.5) is 13.2 Å². The van der Waals surface area contributed by atoms with Gasteiger partial charge in [0.15, 0.2) is 0 Å². The Bertz CT molecular complexity index is 922. The number of hydrogen-bond donors (Lipinski definition) is 3. The van der Waals surface area contributed by atoms with Gasteiger partial charge in [0.2, 0.25) is 5.91 Å². The van der Waals surface area contributed by atoms with Crippen molar-refractivity contribution in [2.75, 3.05) is 13.6 Å². The molecule has 8 heteroatoms. The molecule has 0 aliphatic carbocycles. The summed E-state index contributed by atoms with van der Waals surface area (Å²) >= 11 is 0. The van der Waals surface area contributed by atoms with E-state index in [-0.39, 0.29) is 17.3 Å². The highest BCUT2D eigenvalue weighted by atomic mass is 28.1. The Labute approximate surface area is 184 Å². The Balaban J connectivity index is 1.96. The minimum Gasteiger partial charge on any atom is -0.508 e. The quantitative estimate of drug-likeness (QED) is 0.424. The second-order valence-corrected chi connectivity index (χ2v) is 8.21. The van der Waals surface area contributed by atoms with E-state index in [0.29, 0.717) is 18.5 Å². The van der Waals surface area contributed by atoms with Crippen LogP contribution in [0.25, 0.3) is 6.08 Å². The van der Waals surface area contributed by atoms with Crippen molar-refractivity contribution in [3.05, 3.63) is 70.3 Å². The van der Waals surface area contributed by atoms with E-state index in [2.05, 4.69) is 20.9 Å². The molecule has 0 spiro atoms. The first-order valence-corrected chi connectivity index (χ1v) is 10.4. The first kappa shape index (κ1) is 24.7. The molecule has 0 fully saturated rings. The van der Waals surface area contributed by atoms with Crippen LogP contribution in [-0.4, -0.2) is 40.9 Å². The number of phenolic OH excluding ortho intramolecular Hbond substituents is 1. The van der Waals surface area contributed by atoms with Crippen LogP contribution >= 0.6 is 0 Å². The van der Waals surface area contributed by atoms with Crippen molar-refractivity contribution < 1.29 is 23.1 Å². The van der Waals surface area contributed by atoms with E-state index in [1.54, 1.807) is 19.2 Å². The molecule has 0 saturated carbocycles. The first-order chi connectivity index (χ1) is 14.5. The second kappa shape index (κ2) is 10.6. The lowest BCUT2D eigenvalue weighted by atomic mass is 9.95. The Morgan fingerprint density at radius 1 is 1.19 bits per heavy atom. The van der Waals surface area contributed by atoms with Crippen LogP contribution < -0.4 is 10.6 Å². The molecule has 2 aromatic carbocycles. The topological polar surface area (TPSA) is 61.4 Å². The van der Waals surface area contributed by atoms with Gasteiger partial charge in [-0.15, -0.1) is 0 Å². The van der Waals surface area contributed by atoms with Gasteiger partial charge in [-0.3, -0.25) is 4.79 Å². The summed E-state index contributed by atoms with van der Waals surface area (Å²) in [5.41, 5.74) is 2.64. The average molecular weight is 448 g/mol. The van der Waals surface area contributed by atoms with Gasteiger partial charge < -0.3 is 15.7 Å². The first-order valence-electron chi connectivity index (χ1n) is 9.82. The van der Waals surface area contributed by atoms with Crippen molar-refractivity contribution >= 4 is 22.2 Å². The van der Waals surface area contributed by atoms with Gasteiger partial charge in [0.1, 0.15) is 5.75 Å². The zero-order valence-corrected chi connectivity index (χ0v) is 18.7. The molecule has 3 N–H and O–H groups in total. The number of phenols is 1.